The van der Waals surface area contributed by atoms with Crippen molar-refractivity contribution in [2.45, 2.75) is 13.0 Å². The van der Waals surface area contributed by atoms with Crippen molar-refractivity contribution in [2.24, 2.45) is 0 Å². The number of hydrogen-bond donors (Lipinski definition) is 1. The highest BCUT2D eigenvalue weighted by Crippen LogP contribution is 2.29. The Morgan fingerprint density at radius 3 is 2.71 bits per heavy atom. The van der Waals surface area contributed by atoms with Crippen LogP contribution in [0.15, 0.2) is 47.0 Å². The van der Waals surface area contributed by atoms with Crippen LogP contribution in [0.2, 0.25) is 0 Å². The van der Waals surface area contributed by atoms with Crippen LogP contribution in [0.3, 0.4) is 0 Å². The van der Waals surface area contributed by atoms with E-state index in [1.165, 1.54) is 24.1 Å². The molecule has 0 atom stereocenters. The van der Waals surface area contributed by atoms with Gasteiger partial charge >= 0.3 is 6.03 Å². The molecule has 0 bridgehead atoms. The summed E-state index contributed by atoms with van der Waals surface area (Å²) < 4.78 is 34.5. The monoisotopic (exact) mass is 430 g/mol. The number of nitrogens with one attached hydrogen (secondary N) is 1. The van der Waals surface area contributed by atoms with E-state index in [2.05, 4.69) is 15.5 Å². The van der Waals surface area contributed by atoms with Crippen molar-refractivity contribution in [1.29, 1.82) is 0 Å². The fourth-order valence-corrected chi connectivity index (χ4v) is 2.63. The second-order valence-corrected chi connectivity index (χ2v) is 6.49. The van der Waals surface area contributed by atoms with Gasteiger partial charge in [-0.25, -0.2) is 9.18 Å². The largest absolute Gasteiger partial charge is 0.497 e. The Balaban J connectivity index is 1.50. The zero-order valence-corrected chi connectivity index (χ0v) is 17.4. The molecule has 0 unspecified atom stereocenters. The lowest BCUT2D eigenvalue weighted by Crippen LogP contribution is -2.33. The second-order valence-electron chi connectivity index (χ2n) is 6.49. The Morgan fingerprint density at radius 2 is 1.97 bits per heavy atom. The maximum absolute atomic E-state index is 13.6. The van der Waals surface area contributed by atoms with Crippen LogP contribution in [0.25, 0.3) is 0 Å². The molecule has 0 spiro atoms. The molecule has 3 rings (SSSR count). The number of likely N-dealkylation sites (N-methyl/N-ethyl adjacent to an activating group) is 1. The molecule has 0 aliphatic carbocycles. The zero-order chi connectivity index (χ0) is 22.2. The molecule has 0 aliphatic rings. The predicted molar refractivity (Wildman–Crippen MR) is 110 cm³/mol. The van der Waals surface area contributed by atoms with Gasteiger partial charge in [-0.15, -0.1) is 0 Å². The number of para-hydroxylation sites is 1. The minimum Gasteiger partial charge on any atom is -0.497 e. The topological polar surface area (TPSA) is 99.0 Å². The highest BCUT2D eigenvalue weighted by atomic mass is 19.1. The van der Waals surface area contributed by atoms with Crippen molar-refractivity contribution in [3.63, 3.8) is 0 Å². The molecule has 9 nitrogen and oxygen atoms in total. The number of rotatable bonds is 9. The first-order valence-electron chi connectivity index (χ1n) is 9.43. The first-order valence-corrected chi connectivity index (χ1v) is 9.43. The summed E-state index contributed by atoms with van der Waals surface area (Å²) in [6, 6.07) is 10.8. The van der Waals surface area contributed by atoms with Crippen molar-refractivity contribution < 1.29 is 27.9 Å². The van der Waals surface area contributed by atoms with Gasteiger partial charge < -0.3 is 29.0 Å². The lowest BCUT2D eigenvalue weighted by atomic mass is 10.2. The van der Waals surface area contributed by atoms with Crippen LogP contribution >= 0.6 is 0 Å². The van der Waals surface area contributed by atoms with Crippen LogP contribution in [0.4, 0.5) is 14.9 Å². The van der Waals surface area contributed by atoms with Crippen molar-refractivity contribution >= 4 is 11.7 Å². The summed E-state index contributed by atoms with van der Waals surface area (Å²) >= 11 is 0. The van der Waals surface area contributed by atoms with Crippen LogP contribution < -0.4 is 19.5 Å². The van der Waals surface area contributed by atoms with Gasteiger partial charge in [0.25, 0.3) is 5.89 Å². The van der Waals surface area contributed by atoms with Gasteiger partial charge in [0, 0.05) is 26.1 Å². The summed E-state index contributed by atoms with van der Waals surface area (Å²) in [5, 5.41) is 6.64. The van der Waals surface area contributed by atoms with E-state index in [1.807, 2.05) is 0 Å². The van der Waals surface area contributed by atoms with Gasteiger partial charge in [0.05, 0.1) is 19.9 Å². The zero-order valence-electron chi connectivity index (χ0n) is 17.4. The fourth-order valence-electron chi connectivity index (χ4n) is 2.63. The van der Waals surface area contributed by atoms with E-state index in [0.29, 0.717) is 36.0 Å². The molecule has 10 heteroatoms. The highest BCUT2D eigenvalue weighted by molar-refractivity contribution is 5.91. The van der Waals surface area contributed by atoms with Gasteiger partial charge in [-0.1, -0.05) is 17.3 Å². The molecular formula is C21H23FN4O5. The van der Waals surface area contributed by atoms with E-state index in [-0.39, 0.29) is 24.3 Å². The van der Waals surface area contributed by atoms with Gasteiger partial charge in [-0.3, -0.25) is 0 Å². The number of benzene rings is 2. The average Bonchev–Trinajstić information content (AvgIpc) is 3.25. The van der Waals surface area contributed by atoms with E-state index < -0.39 is 5.82 Å². The summed E-state index contributed by atoms with van der Waals surface area (Å²) in [6.07, 6.45) is 0.368. The molecule has 0 aliphatic heterocycles. The Hall–Kier alpha value is -3.82. The normalized spacial score (nSPS) is 10.5. The molecule has 0 saturated carbocycles. The lowest BCUT2D eigenvalue weighted by Gasteiger charge is -2.18. The molecule has 2 aromatic carbocycles. The van der Waals surface area contributed by atoms with E-state index in [1.54, 1.807) is 44.5 Å². The number of aromatic nitrogens is 2. The Morgan fingerprint density at radius 1 is 1.16 bits per heavy atom. The molecule has 31 heavy (non-hydrogen) atoms. The van der Waals surface area contributed by atoms with Crippen LogP contribution in [0.5, 0.6) is 17.2 Å². The Bertz CT molecular complexity index is 1030. The smallest absolute Gasteiger partial charge is 0.321 e. The predicted octanol–water partition coefficient (Wildman–Crippen LogP) is 3.51. The summed E-state index contributed by atoms with van der Waals surface area (Å²) in [4.78, 5) is 18.1. The van der Waals surface area contributed by atoms with Crippen molar-refractivity contribution in [3.05, 3.63) is 60.0 Å². The molecule has 0 radical (unpaired) electrons. The third-order valence-electron chi connectivity index (χ3n) is 4.37. The van der Waals surface area contributed by atoms with E-state index in [4.69, 9.17) is 18.7 Å². The van der Waals surface area contributed by atoms with E-state index in [0.717, 1.165) is 0 Å². The molecule has 0 saturated heterocycles. The van der Waals surface area contributed by atoms with Gasteiger partial charge in [-0.2, -0.15) is 4.98 Å². The number of hydrogen-bond acceptors (Lipinski definition) is 7. The second kappa shape index (κ2) is 10.3. The molecular weight excluding hydrogens is 407 g/mol. The number of amides is 2. The number of carbonyl (C=O) groups is 1. The fraction of sp³-hybridized carbons (Fsp3) is 0.286. The van der Waals surface area contributed by atoms with Gasteiger partial charge in [0.15, 0.2) is 24.0 Å². The lowest BCUT2D eigenvalue weighted by molar-refractivity contribution is 0.222. The van der Waals surface area contributed by atoms with Gasteiger partial charge in [0.1, 0.15) is 11.5 Å². The standard InChI is InChI=1S/C21H23FN4O5/c1-26(21(27)23-16-9-8-14(28-2)12-18(16)29-3)11-10-19-24-20(31-25-19)13-30-17-7-5-4-6-15(17)22/h4-9,12H,10-11,13H2,1-3H3,(H,23,27). The minimum absolute atomic E-state index is 0.0540. The number of anilines is 1. The van der Waals surface area contributed by atoms with Crippen LogP contribution in [0, 0.1) is 5.82 Å². The highest BCUT2D eigenvalue weighted by Gasteiger charge is 2.15. The molecule has 164 valence electrons. The minimum atomic E-state index is -0.469. The van der Waals surface area contributed by atoms with Crippen molar-refractivity contribution in [3.8, 4) is 17.2 Å². The Kier molecular flexibility index (Phi) is 7.26. The molecule has 2 amide bonds. The first kappa shape index (κ1) is 21.9. The molecule has 3 aromatic rings. The number of methoxy groups -OCH3 is 2. The first-order chi connectivity index (χ1) is 15.0. The van der Waals surface area contributed by atoms with E-state index in [9.17, 15) is 9.18 Å². The van der Waals surface area contributed by atoms with Crippen LogP contribution in [-0.4, -0.2) is 48.9 Å². The maximum Gasteiger partial charge on any atom is 0.321 e. The molecule has 1 N–H and O–H groups in total. The van der Waals surface area contributed by atoms with Crippen LogP contribution in [0.1, 0.15) is 11.7 Å². The van der Waals surface area contributed by atoms with E-state index >= 15 is 0 Å². The van der Waals surface area contributed by atoms with Crippen LogP contribution in [-0.2, 0) is 13.0 Å². The summed E-state index contributed by atoms with van der Waals surface area (Å²) in [6.45, 7) is 0.291. The summed E-state index contributed by atoms with van der Waals surface area (Å²) in [7, 11) is 4.71. The number of halogens is 1. The number of urea groups is 1. The summed E-state index contributed by atoms with van der Waals surface area (Å²) in [5.74, 6) is 1.37. The quantitative estimate of drug-likeness (QED) is 0.555. The van der Waals surface area contributed by atoms with Gasteiger partial charge in [-0.05, 0) is 24.3 Å². The number of carbonyl (C=O) groups excluding carboxylic acids is 1. The molecule has 1 aromatic heterocycles. The Labute approximate surface area is 178 Å². The maximum atomic E-state index is 13.6. The summed E-state index contributed by atoms with van der Waals surface area (Å²) in [5.41, 5.74) is 0.521. The van der Waals surface area contributed by atoms with Gasteiger partial charge in [0.2, 0.25) is 0 Å². The molecule has 1 heterocycles. The van der Waals surface area contributed by atoms with Crippen molar-refractivity contribution in [2.75, 3.05) is 33.1 Å². The number of nitrogens with zero attached hydrogens (tertiary/aromatic N) is 3. The third kappa shape index (κ3) is 5.84. The van der Waals surface area contributed by atoms with Crippen molar-refractivity contribution in [1.82, 2.24) is 15.0 Å². The number of ether oxygens (including phenoxy) is 3. The third-order valence-corrected chi connectivity index (χ3v) is 4.37. The molecule has 0 fully saturated rings. The SMILES string of the molecule is COc1ccc(NC(=O)N(C)CCc2noc(COc3ccccc3F)n2)c(OC)c1. The average molecular weight is 430 g/mol.